The molecule has 0 fully saturated rings. The summed E-state index contributed by atoms with van der Waals surface area (Å²) in [5, 5.41) is 0. The summed E-state index contributed by atoms with van der Waals surface area (Å²) >= 11 is 0. The van der Waals surface area contributed by atoms with Crippen molar-refractivity contribution in [3.05, 3.63) is 31.0 Å². The molecule has 2 N–H and O–H groups in total. The number of methoxy groups -OCH3 is 2. The molecule has 0 saturated heterocycles. The average molecular weight is 274 g/mol. The lowest BCUT2D eigenvalue weighted by atomic mass is 9.78. The third-order valence-electron chi connectivity index (χ3n) is 3.37. The predicted molar refractivity (Wildman–Crippen MR) is 77.7 cm³/mol. The van der Waals surface area contributed by atoms with Crippen molar-refractivity contribution >= 4 is 11.5 Å². The van der Waals surface area contributed by atoms with E-state index in [4.69, 9.17) is 15.2 Å². The van der Waals surface area contributed by atoms with Crippen LogP contribution in [0.4, 0.5) is 5.69 Å². The van der Waals surface area contributed by atoms with Gasteiger partial charge in [0.25, 0.3) is 0 Å². The Hall–Kier alpha value is -2.37. The van der Waals surface area contributed by atoms with E-state index in [0.29, 0.717) is 35.9 Å². The molecule has 2 rings (SSSR count). The number of nitrogens with zero attached hydrogens (tertiary/aromatic N) is 3. The van der Waals surface area contributed by atoms with Gasteiger partial charge >= 0.3 is 6.01 Å². The Balaban J connectivity index is 2.69. The van der Waals surface area contributed by atoms with E-state index in [-0.39, 0.29) is 6.01 Å². The summed E-state index contributed by atoms with van der Waals surface area (Å²) < 4.78 is 10.4. The zero-order valence-corrected chi connectivity index (χ0v) is 11.7. The normalized spacial score (nSPS) is 15.2. The van der Waals surface area contributed by atoms with Crippen LogP contribution >= 0.6 is 0 Å². The molecule has 0 aromatic carbocycles. The molecule has 0 amide bonds. The molecule has 0 unspecified atom stereocenters. The number of allylic oxidation sites excluding steroid dienone is 2. The quantitative estimate of drug-likeness (QED) is 0.801. The summed E-state index contributed by atoms with van der Waals surface area (Å²) in [5.41, 5.74) is 6.83. The van der Waals surface area contributed by atoms with Gasteiger partial charge in [-0.05, 0) is 12.8 Å². The van der Waals surface area contributed by atoms with Crippen LogP contribution in [-0.2, 0) is 5.41 Å². The third kappa shape index (κ3) is 1.93. The van der Waals surface area contributed by atoms with E-state index in [1.54, 1.807) is 12.2 Å². The van der Waals surface area contributed by atoms with Crippen LogP contribution in [0.3, 0.4) is 0 Å². The van der Waals surface area contributed by atoms with Crippen LogP contribution in [-0.4, -0.2) is 30.0 Å². The maximum atomic E-state index is 6.14. The lowest BCUT2D eigenvalue weighted by molar-refractivity contribution is 0.349. The van der Waals surface area contributed by atoms with Crippen molar-refractivity contribution in [2.45, 2.75) is 18.3 Å². The van der Waals surface area contributed by atoms with E-state index in [0.717, 1.165) is 0 Å². The van der Waals surface area contributed by atoms with Gasteiger partial charge in [0.2, 0.25) is 5.88 Å². The summed E-state index contributed by atoms with van der Waals surface area (Å²) in [4.78, 5) is 12.9. The van der Waals surface area contributed by atoms with Gasteiger partial charge in [-0.15, -0.1) is 13.2 Å². The second kappa shape index (κ2) is 5.32. The molecule has 6 heteroatoms. The van der Waals surface area contributed by atoms with Gasteiger partial charge in [-0.1, -0.05) is 12.2 Å². The predicted octanol–water partition coefficient (Wildman–Crippen LogP) is 1.89. The lowest BCUT2D eigenvalue weighted by Gasteiger charge is -2.26. The Kier molecular flexibility index (Phi) is 3.74. The fourth-order valence-electron chi connectivity index (χ4n) is 2.41. The first kappa shape index (κ1) is 14.0. The SMILES string of the molecule is C=CCC1(CC=C)C(N)=Nc2c(OC)nc(OC)nc21. The Morgan fingerprint density at radius 1 is 1.15 bits per heavy atom. The summed E-state index contributed by atoms with van der Waals surface area (Å²) in [6, 6.07) is 0.225. The lowest BCUT2D eigenvalue weighted by Crippen LogP contribution is -2.38. The van der Waals surface area contributed by atoms with E-state index < -0.39 is 5.41 Å². The number of hydrogen-bond donors (Lipinski definition) is 1. The monoisotopic (exact) mass is 274 g/mol. The summed E-state index contributed by atoms with van der Waals surface area (Å²) in [6.45, 7) is 7.59. The van der Waals surface area contributed by atoms with Crippen LogP contribution in [0, 0.1) is 0 Å². The first-order chi connectivity index (χ1) is 9.62. The van der Waals surface area contributed by atoms with Gasteiger partial charge in [0.15, 0.2) is 0 Å². The summed E-state index contributed by atoms with van der Waals surface area (Å²) in [7, 11) is 3.03. The molecule has 0 bridgehead atoms. The second-order valence-electron chi connectivity index (χ2n) is 4.48. The third-order valence-corrected chi connectivity index (χ3v) is 3.37. The molecule has 0 saturated carbocycles. The smallest absolute Gasteiger partial charge is 0.319 e. The van der Waals surface area contributed by atoms with Crippen molar-refractivity contribution in [1.29, 1.82) is 0 Å². The van der Waals surface area contributed by atoms with Crippen molar-refractivity contribution in [2.24, 2.45) is 10.7 Å². The fourth-order valence-corrected chi connectivity index (χ4v) is 2.41. The maximum absolute atomic E-state index is 6.14. The summed E-state index contributed by atoms with van der Waals surface area (Å²) in [6.07, 6.45) is 4.79. The molecular formula is C14H18N4O2. The van der Waals surface area contributed by atoms with Crippen LogP contribution in [0.5, 0.6) is 11.9 Å². The van der Waals surface area contributed by atoms with Crippen molar-refractivity contribution in [3.8, 4) is 11.9 Å². The first-order valence-corrected chi connectivity index (χ1v) is 6.20. The molecular weight excluding hydrogens is 256 g/mol. The number of aliphatic imine (C=N–C) groups is 1. The van der Waals surface area contributed by atoms with Gasteiger partial charge in [0.05, 0.1) is 25.3 Å². The Bertz CT molecular complexity index is 571. The van der Waals surface area contributed by atoms with Crippen LogP contribution in [0.15, 0.2) is 30.3 Å². The van der Waals surface area contributed by atoms with Crippen molar-refractivity contribution in [1.82, 2.24) is 9.97 Å². The highest BCUT2D eigenvalue weighted by atomic mass is 16.5. The molecule has 0 aliphatic carbocycles. The Morgan fingerprint density at radius 3 is 2.30 bits per heavy atom. The number of hydrogen-bond acceptors (Lipinski definition) is 6. The van der Waals surface area contributed by atoms with E-state index in [9.17, 15) is 0 Å². The van der Waals surface area contributed by atoms with E-state index in [2.05, 4.69) is 28.1 Å². The van der Waals surface area contributed by atoms with E-state index >= 15 is 0 Å². The molecule has 20 heavy (non-hydrogen) atoms. The largest absolute Gasteiger partial charge is 0.479 e. The van der Waals surface area contributed by atoms with E-state index in [1.165, 1.54) is 14.2 Å². The Labute approximate surface area is 118 Å². The van der Waals surface area contributed by atoms with Crippen LogP contribution in [0.1, 0.15) is 18.5 Å². The van der Waals surface area contributed by atoms with Crippen molar-refractivity contribution < 1.29 is 9.47 Å². The minimum absolute atomic E-state index is 0.225. The average Bonchev–Trinajstić information content (AvgIpc) is 2.72. The number of fused-ring (bicyclic) bond motifs is 1. The molecule has 0 atom stereocenters. The van der Waals surface area contributed by atoms with Gasteiger partial charge in [0, 0.05) is 0 Å². The number of rotatable bonds is 6. The Morgan fingerprint density at radius 2 is 1.80 bits per heavy atom. The van der Waals surface area contributed by atoms with Crippen LogP contribution < -0.4 is 15.2 Å². The molecule has 0 spiro atoms. The number of nitrogens with two attached hydrogens (primary N) is 1. The number of ether oxygens (including phenoxy) is 2. The molecule has 1 aliphatic rings. The van der Waals surface area contributed by atoms with Crippen LogP contribution in [0.25, 0.3) is 0 Å². The molecule has 2 heterocycles. The minimum Gasteiger partial charge on any atom is -0.479 e. The minimum atomic E-state index is -0.553. The number of aromatic nitrogens is 2. The molecule has 1 aromatic heterocycles. The van der Waals surface area contributed by atoms with Gasteiger partial charge in [-0.3, -0.25) is 0 Å². The van der Waals surface area contributed by atoms with Crippen molar-refractivity contribution in [2.75, 3.05) is 14.2 Å². The highest BCUT2D eigenvalue weighted by Crippen LogP contribution is 2.47. The van der Waals surface area contributed by atoms with Gasteiger partial charge < -0.3 is 15.2 Å². The summed E-state index contributed by atoms with van der Waals surface area (Å²) in [5.74, 6) is 0.818. The molecule has 0 radical (unpaired) electrons. The molecule has 1 aromatic rings. The standard InChI is InChI=1S/C14H18N4O2/c1-5-7-14(8-6-2)10-9(16-12(14)15)11(19-3)18-13(17-10)20-4/h5-6H,1-2,7-8H2,3-4H3,(H2,15,16). The van der Waals surface area contributed by atoms with E-state index in [1.807, 2.05) is 0 Å². The highest BCUT2D eigenvalue weighted by molar-refractivity contribution is 5.99. The number of amidine groups is 1. The zero-order chi connectivity index (χ0) is 14.8. The molecule has 106 valence electrons. The topological polar surface area (TPSA) is 82.6 Å². The molecule has 6 nitrogen and oxygen atoms in total. The fraction of sp³-hybridized carbons (Fsp3) is 0.357. The van der Waals surface area contributed by atoms with Gasteiger partial charge in [-0.2, -0.15) is 9.97 Å². The zero-order valence-electron chi connectivity index (χ0n) is 11.7. The van der Waals surface area contributed by atoms with Gasteiger partial charge in [-0.25, -0.2) is 4.99 Å². The highest BCUT2D eigenvalue weighted by Gasteiger charge is 2.44. The van der Waals surface area contributed by atoms with Crippen LogP contribution in [0.2, 0.25) is 0 Å². The maximum Gasteiger partial charge on any atom is 0.319 e. The van der Waals surface area contributed by atoms with Gasteiger partial charge in [0.1, 0.15) is 11.5 Å². The second-order valence-corrected chi connectivity index (χ2v) is 4.48. The molecule has 1 aliphatic heterocycles. The first-order valence-electron chi connectivity index (χ1n) is 6.20. The van der Waals surface area contributed by atoms with Crippen molar-refractivity contribution in [3.63, 3.8) is 0 Å².